The second-order valence-corrected chi connectivity index (χ2v) is 2.67. The fourth-order valence-electron chi connectivity index (χ4n) is 0.834. The summed E-state index contributed by atoms with van der Waals surface area (Å²) in [5.74, 6) is -7.87. The van der Waals surface area contributed by atoms with Gasteiger partial charge in [-0.15, -0.1) is 0 Å². The van der Waals surface area contributed by atoms with Crippen LogP contribution in [0.4, 0.5) is 22.4 Å². The van der Waals surface area contributed by atoms with Crippen molar-refractivity contribution in [3.05, 3.63) is 0 Å². The van der Waals surface area contributed by atoms with E-state index in [9.17, 15) is 22.4 Å². The SMILES string of the molecule is O=C(Cl)OC1(F)CC(F)C1(F)F. The lowest BCUT2D eigenvalue weighted by Gasteiger charge is -2.42. The van der Waals surface area contributed by atoms with Crippen molar-refractivity contribution >= 4 is 17.0 Å². The highest BCUT2D eigenvalue weighted by Crippen LogP contribution is 2.52. The molecule has 2 unspecified atom stereocenters. The fourth-order valence-corrected chi connectivity index (χ4v) is 0.957. The first-order valence-electron chi connectivity index (χ1n) is 2.89. The van der Waals surface area contributed by atoms with E-state index in [0.717, 1.165) is 0 Å². The standard InChI is InChI=1S/C5H3ClF4O2/c6-3(11)12-4(8)1-2(7)5(4,9)10/h2H,1H2. The third-order valence-corrected chi connectivity index (χ3v) is 1.65. The largest absolute Gasteiger partial charge is 0.410 e. The van der Waals surface area contributed by atoms with E-state index in [1.54, 1.807) is 0 Å². The number of carbonyl (C=O) groups excluding carboxylic acids is 1. The van der Waals surface area contributed by atoms with Crippen LogP contribution in [0.25, 0.3) is 0 Å². The van der Waals surface area contributed by atoms with Gasteiger partial charge >= 0.3 is 17.2 Å². The third kappa shape index (κ3) is 1.14. The quantitative estimate of drug-likeness (QED) is 0.486. The van der Waals surface area contributed by atoms with E-state index in [4.69, 9.17) is 0 Å². The van der Waals surface area contributed by atoms with Crippen LogP contribution in [-0.2, 0) is 4.74 Å². The average Bonchev–Trinajstić information content (AvgIpc) is 1.85. The van der Waals surface area contributed by atoms with Crippen molar-refractivity contribution in [3.8, 4) is 0 Å². The van der Waals surface area contributed by atoms with Crippen molar-refractivity contribution in [1.29, 1.82) is 0 Å². The van der Waals surface area contributed by atoms with Crippen LogP contribution >= 0.6 is 11.6 Å². The van der Waals surface area contributed by atoms with E-state index in [1.165, 1.54) is 0 Å². The van der Waals surface area contributed by atoms with Gasteiger partial charge in [0.05, 0.1) is 6.42 Å². The molecule has 1 aliphatic rings. The van der Waals surface area contributed by atoms with Gasteiger partial charge in [-0.1, -0.05) is 0 Å². The number of hydrogen-bond donors (Lipinski definition) is 0. The van der Waals surface area contributed by atoms with E-state index in [2.05, 4.69) is 16.3 Å². The number of carbonyl (C=O) groups is 1. The number of halogens is 5. The van der Waals surface area contributed by atoms with Crippen molar-refractivity contribution in [1.82, 2.24) is 0 Å². The molecule has 70 valence electrons. The van der Waals surface area contributed by atoms with Crippen molar-refractivity contribution in [2.75, 3.05) is 0 Å². The zero-order valence-electron chi connectivity index (χ0n) is 5.49. The van der Waals surface area contributed by atoms with Gasteiger partial charge in [-0.2, -0.15) is 13.2 Å². The molecule has 0 bridgehead atoms. The van der Waals surface area contributed by atoms with Crippen LogP contribution in [-0.4, -0.2) is 23.4 Å². The molecule has 0 radical (unpaired) electrons. The molecular formula is C5H3ClF4O2. The predicted molar refractivity (Wildman–Crippen MR) is 30.6 cm³/mol. The number of rotatable bonds is 1. The fraction of sp³-hybridized carbons (Fsp3) is 0.800. The second kappa shape index (κ2) is 2.48. The van der Waals surface area contributed by atoms with Crippen LogP contribution in [0.2, 0.25) is 0 Å². The van der Waals surface area contributed by atoms with Gasteiger partial charge in [0, 0.05) is 11.6 Å². The van der Waals surface area contributed by atoms with Crippen molar-refractivity contribution in [2.24, 2.45) is 0 Å². The zero-order valence-corrected chi connectivity index (χ0v) is 6.25. The van der Waals surface area contributed by atoms with E-state index in [-0.39, 0.29) is 0 Å². The van der Waals surface area contributed by atoms with Gasteiger partial charge in [-0.25, -0.2) is 9.18 Å². The summed E-state index contributed by atoms with van der Waals surface area (Å²) in [5.41, 5.74) is -1.72. The molecule has 7 heteroatoms. The van der Waals surface area contributed by atoms with Crippen LogP contribution in [0.5, 0.6) is 0 Å². The minimum atomic E-state index is -4.29. The van der Waals surface area contributed by atoms with E-state index >= 15 is 0 Å². The molecule has 0 aliphatic heterocycles. The lowest BCUT2D eigenvalue weighted by molar-refractivity contribution is -0.341. The van der Waals surface area contributed by atoms with Gasteiger partial charge in [-0.3, -0.25) is 0 Å². The summed E-state index contributed by atoms with van der Waals surface area (Å²) in [6.07, 6.45) is -3.81. The lowest BCUT2D eigenvalue weighted by Crippen LogP contribution is -2.64. The average molecular weight is 207 g/mol. The van der Waals surface area contributed by atoms with Crippen LogP contribution in [0, 0.1) is 0 Å². The number of ether oxygens (including phenoxy) is 1. The Kier molecular flexibility index (Phi) is 1.98. The summed E-state index contributed by atoms with van der Waals surface area (Å²) < 4.78 is 52.6. The van der Waals surface area contributed by atoms with Crippen molar-refractivity contribution in [2.45, 2.75) is 24.4 Å². The topological polar surface area (TPSA) is 26.3 Å². The first kappa shape index (κ1) is 9.57. The Hall–Kier alpha value is -0.520. The molecule has 12 heavy (non-hydrogen) atoms. The van der Waals surface area contributed by atoms with Crippen LogP contribution in [0.15, 0.2) is 0 Å². The molecule has 1 saturated carbocycles. The van der Waals surface area contributed by atoms with Gasteiger partial charge in [0.25, 0.3) is 0 Å². The lowest BCUT2D eigenvalue weighted by atomic mass is 9.85. The van der Waals surface area contributed by atoms with Gasteiger partial charge in [0.2, 0.25) is 0 Å². The number of alkyl halides is 4. The normalized spacial score (nSPS) is 38.6. The molecule has 0 saturated heterocycles. The Morgan fingerprint density at radius 2 is 2.00 bits per heavy atom. The minimum absolute atomic E-state index is 1.18. The molecule has 1 aliphatic carbocycles. The zero-order chi connectivity index (χ0) is 9.57. The monoisotopic (exact) mass is 206 g/mol. The van der Waals surface area contributed by atoms with Crippen molar-refractivity contribution < 1.29 is 27.1 Å². The van der Waals surface area contributed by atoms with Gasteiger partial charge in [0.1, 0.15) is 0 Å². The Morgan fingerprint density at radius 1 is 1.50 bits per heavy atom. The predicted octanol–water partition coefficient (Wildman–Crippen LogP) is 2.40. The first-order chi connectivity index (χ1) is 5.29. The highest BCUT2D eigenvalue weighted by atomic mass is 35.5. The highest BCUT2D eigenvalue weighted by molar-refractivity contribution is 6.61. The van der Waals surface area contributed by atoms with Crippen LogP contribution in [0.1, 0.15) is 6.42 Å². The first-order valence-corrected chi connectivity index (χ1v) is 3.26. The molecule has 1 fully saturated rings. The second-order valence-electron chi connectivity index (χ2n) is 2.36. The Morgan fingerprint density at radius 3 is 2.25 bits per heavy atom. The van der Waals surface area contributed by atoms with Crippen molar-refractivity contribution in [3.63, 3.8) is 0 Å². The molecule has 2 nitrogen and oxygen atoms in total. The molecule has 0 aromatic carbocycles. The molecule has 1 rings (SSSR count). The molecule has 2 atom stereocenters. The summed E-state index contributed by atoms with van der Waals surface area (Å²) in [7, 11) is 0. The summed E-state index contributed by atoms with van der Waals surface area (Å²) in [5, 5.41) is 0. The third-order valence-electron chi connectivity index (χ3n) is 1.57. The molecular weight excluding hydrogens is 203 g/mol. The van der Waals surface area contributed by atoms with Crippen LogP contribution < -0.4 is 0 Å². The molecule has 0 N–H and O–H groups in total. The maximum atomic E-state index is 12.7. The van der Waals surface area contributed by atoms with Gasteiger partial charge in [-0.05, 0) is 0 Å². The Labute approximate surface area is 69.4 Å². The van der Waals surface area contributed by atoms with E-state index in [1.807, 2.05) is 0 Å². The molecule has 0 spiro atoms. The van der Waals surface area contributed by atoms with E-state index in [0.29, 0.717) is 0 Å². The molecule has 0 aromatic heterocycles. The molecule has 0 heterocycles. The molecule has 0 aromatic rings. The highest BCUT2D eigenvalue weighted by Gasteiger charge is 2.74. The summed E-state index contributed by atoms with van der Waals surface area (Å²) in [6, 6.07) is 0. The Balaban J connectivity index is 2.70. The van der Waals surface area contributed by atoms with Crippen LogP contribution in [0.3, 0.4) is 0 Å². The maximum absolute atomic E-state index is 12.7. The maximum Gasteiger partial charge on any atom is 0.406 e. The summed E-state index contributed by atoms with van der Waals surface area (Å²) >= 11 is 4.49. The number of hydrogen-bond acceptors (Lipinski definition) is 2. The smallest absolute Gasteiger partial charge is 0.406 e. The minimum Gasteiger partial charge on any atom is -0.410 e. The summed E-state index contributed by atoms with van der Waals surface area (Å²) in [6.45, 7) is 0. The van der Waals surface area contributed by atoms with Gasteiger partial charge in [0.15, 0.2) is 6.17 Å². The van der Waals surface area contributed by atoms with E-state index < -0.39 is 29.8 Å². The molecule has 0 amide bonds. The Bertz CT molecular complexity index is 221. The van der Waals surface area contributed by atoms with Gasteiger partial charge < -0.3 is 4.74 Å². The summed E-state index contributed by atoms with van der Waals surface area (Å²) in [4.78, 5) is 9.89.